The minimum atomic E-state index is -0.434. The second-order valence-corrected chi connectivity index (χ2v) is 3.66. The predicted molar refractivity (Wildman–Crippen MR) is 63.7 cm³/mol. The van der Waals surface area contributed by atoms with Crippen LogP contribution >= 0.6 is 0 Å². The van der Waals surface area contributed by atoms with Crippen molar-refractivity contribution in [3.63, 3.8) is 0 Å². The summed E-state index contributed by atoms with van der Waals surface area (Å²) in [6.07, 6.45) is 0.546. The number of hydrogen-bond donors (Lipinski definition) is 2. The molecule has 15 heavy (non-hydrogen) atoms. The SMILES string of the molecule is C=C(CC)CNCC(O)c1ccccc1. The van der Waals surface area contributed by atoms with Gasteiger partial charge in [0.25, 0.3) is 0 Å². The maximum absolute atomic E-state index is 9.81. The summed E-state index contributed by atoms with van der Waals surface area (Å²) < 4.78 is 0. The number of rotatable bonds is 6. The molecule has 1 aromatic rings. The Kier molecular flexibility index (Phi) is 5.08. The van der Waals surface area contributed by atoms with E-state index in [4.69, 9.17) is 0 Å². The lowest BCUT2D eigenvalue weighted by molar-refractivity contribution is 0.176. The van der Waals surface area contributed by atoms with E-state index in [1.165, 1.54) is 0 Å². The zero-order chi connectivity index (χ0) is 11.1. The topological polar surface area (TPSA) is 32.3 Å². The lowest BCUT2D eigenvalue weighted by Gasteiger charge is -2.12. The largest absolute Gasteiger partial charge is 0.387 e. The molecule has 0 aliphatic carbocycles. The van der Waals surface area contributed by atoms with E-state index in [0.29, 0.717) is 6.54 Å². The summed E-state index contributed by atoms with van der Waals surface area (Å²) in [6.45, 7) is 7.33. The van der Waals surface area contributed by atoms with Crippen molar-refractivity contribution in [1.82, 2.24) is 5.32 Å². The molecule has 2 nitrogen and oxygen atoms in total. The van der Waals surface area contributed by atoms with E-state index in [1.54, 1.807) is 0 Å². The minimum Gasteiger partial charge on any atom is -0.387 e. The molecule has 0 radical (unpaired) electrons. The van der Waals surface area contributed by atoms with Crippen LogP contribution < -0.4 is 5.32 Å². The Morgan fingerprint density at radius 2 is 2.07 bits per heavy atom. The smallest absolute Gasteiger partial charge is 0.0914 e. The van der Waals surface area contributed by atoms with Gasteiger partial charge in [-0.1, -0.05) is 49.4 Å². The van der Waals surface area contributed by atoms with Crippen LogP contribution in [-0.2, 0) is 0 Å². The van der Waals surface area contributed by atoms with Gasteiger partial charge in [0.2, 0.25) is 0 Å². The van der Waals surface area contributed by atoms with Crippen LogP contribution in [0.2, 0.25) is 0 Å². The number of aliphatic hydroxyl groups is 1. The van der Waals surface area contributed by atoms with Crippen LogP contribution in [0.1, 0.15) is 25.0 Å². The number of hydrogen-bond acceptors (Lipinski definition) is 2. The lowest BCUT2D eigenvalue weighted by Crippen LogP contribution is -2.23. The van der Waals surface area contributed by atoms with Gasteiger partial charge in [-0.2, -0.15) is 0 Å². The predicted octanol–water partition coefficient (Wildman–Crippen LogP) is 2.28. The highest BCUT2D eigenvalue weighted by Gasteiger charge is 2.05. The van der Waals surface area contributed by atoms with Gasteiger partial charge in [-0.3, -0.25) is 0 Å². The Labute approximate surface area is 91.6 Å². The van der Waals surface area contributed by atoms with Crippen LogP contribution in [0.25, 0.3) is 0 Å². The number of benzene rings is 1. The van der Waals surface area contributed by atoms with Gasteiger partial charge >= 0.3 is 0 Å². The first-order valence-electron chi connectivity index (χ1n) is 5.34. The van der Waals surface area contributed by atoms with E-state index >= 15 is 0 Å². The molecule has 1 aromatic carbocycles. The molecule has 0 spiro atoms. The van der Waals surface area contributed by atoms with Crippen molar-refractivity contribution >= 4 is 0 Å². The Balaban J connectivity index is 2.31. The molecule has 0 saturated carbocycles. The summed E-state index contributed by atoms with van der Waals surface area (Å²) in [6, 6.07) is 9.68. The van der Waals surface area contributed by atoms with E-state index in [1.807, 2.05) is 30.3 Å². The van der Waals surface area contributed by atoms with Crippen molar-refractivity contribution in [2.45, 2.75) is 19.4 Å². The maximum atomic E-state index is 9.81. The molecule has 2 heteroatoms. The summed E-state index contributed by atoms with van der Waals surface area (Å²) in [5.41, 5.74) is 2.11. The van der Waals surface area contributed by atoms with Gasteiger partial charge in [0, 0.05) is 13.1 Å². The first-order valence-corrected chi connectivity index (χ1v) is 5.34. The van der Waals surface area contributed by atoms with E-state index in [0.717, 1.165) is 24.1 Å². The molecule has 1 rings (SSSR count). The van der Waals surface area contributed by atoms with Gasteiger partial charge in [-0.15, -0.1) is 0 Å². The Morgan fingerprint density at radius 3 is 2.67 bits per heavy atom. The maximum Gasteiger partial charge on any atom is 0.0914 e. The highest BCUT2D eigenvalue weighted by atomic mass is 16.3. The van der Waals surface area contributed by atoms with Crippen molar-refractivity contribution in [2.24, 2.45) is 0 Å². The quantitative estimate of drug-likeness (QED) is 0.698. The molecule has 0 heterocycles. The normalized spacial score (nSPS) is 12.4. The van der Waals surface area contributed by atoms with Crippen LogP contribution in [0.15, 0.2) is 42.5 Å². The second kappa shape index (κ2) is 6.38. The monoisotopic (exact) mass is 205 g/mol. The fraction of sp³-hybridized carbons (Fsp3) is 0.385. The molecule has 0 aromatic heterocycles. The van der Waals surface area contributed by atoms with Gasteiger partial charge in [0.1, 0.15) is 0 Å². The molecule has 82 valence electrons. The van der Waals surface area contributed by atoms with Crippen molar-refractivity contribution in [3.05, 3.63) is 48.0 Å². The summed E-state index contributed by atoms with van der Waals surface area (Å²) in [5, 5.41) is 13.0. The second-order valence-electron chi connectivity index (χ2n) is 3.66. The fourth-order valence-corrected chi connectivity index (χ4v) is 1.30. The molecule has 0 aliphatic heterocycles. The number of nitrogens with one attached hydrogen (secondary N) is 1. The third-order valence-electron chi connectivity index (χ3n) is 2.40. The van der Waals surface area contributed by atoms with E-state index in [-0.39, 0.29) is 0 Å². The highest BCUT2D eigenvalue weighted by Crippen LogP contribution is 2.10. The molecule has 2 N–H and O–H groups in total. The summed E-state index contributed by atoms with van der Waals surface area (Å²) in [7, 11) is 0. The fourth-order valence-electron chi connectivity index (χ4n) is 1.30. The van der Waals surface area contributed by atoms with Gasteiger partial charge in [-0.05, 0) is 12.0 Å². The first kappa shape index (κ1) is 12.0. The molecular weight excluding hydrogens is 186 g/mol. The third-order valence-corrected chi connectivity index (χ3v) is 2.40. The molecule has 0 saturated heterocycles. The van der Waals surface area contributed by atoms with E-state index < -0.39 is 6.10 Å². The molecular formula is C13H19NO. The van der Waals surface area contributed by atoms with Crippen LogP contribution in [0.3, 0.4) is 0 Å². The Hall–Kier alpha value is -1.12. The van der Waals surface area contributed by atoms with Crippen LogP contribution in [0.5, 0.6) is 0 Å². The van der Waals surface area contributed by atoms with Crippen LogP contribution in [-0.4, -0.2) is 18.2 Å². The minimum absolute atomic E-state index is 0.434. The average Bonchev–Trinajstić information content (AvgIpc) is 2.29. The standard InChI is InChI=1S/C13H19NO/c1-3-11(2)9-14-10-13(15)12-7-5-4-6-8-12/h4-8,13-15H,2-3,9-10H2,1H3. The zero-order valence-electron chi connectivity index (χ0n) is 9.24. The molecule has 0 bridgehead atoms. The average molecular weight is 205 g/mol. The van der Waals surface area contributed by atoms with E-state index in [2.05, 4.69) is 18.8 Å². The van der Waals surface area contributed by atoms with Crippen molar-refractivity contribution in [1.29, 1.82) is 0 Å². The lowest BCUT2D eigenvalue weighted by atomic mass is 10.1. The summed E-state index contributed by atoms with van der Waals surface area (Å²) >= 11 is 0. The first-order chi connectivity index (χ1) is 7.24. The summed E-state index contributed by atoms with van der Waals surface area (Å²) in [5.74, 6) is 0. The molecule has 0 aliphatic rings. The van der Waals surface area contributed by atoms with Gasteiger partial charge in [-0.25, -0.2) is 0 Å². The van der Waals surface area contributed by atoms with Gasteiger partial charge in [0.15, 0.2) is 0 Å². The molecule has 1 unspecified atom stereocenters. The zero-order valence-corrected chi connectivity index (χ0v) is 9.24. The number of aliphatic hydroxyl groups excluding tert-OH is 1. The molecule has 0 fully saturated rings. The molecule has 0 amide bonds. The van der Waals surface area contributed by atoms with Crippen molar-refractivity contribution in [2.75, 3.05) is 13.1 Å². The summed E-state index contributed by atoms with van der Waals surface area (Å²) in [4.78, 5) is 0. The van der Waals surface area contributed by atoms with E-state index in [9.17, 15) is 5.11 Å². The van der Waals surface area contributed by atoms with Crippen molar-refractivity contribution < 1.29 is 5.11 Å². The Bertz CT molecular complexity index is 295. The van der Waals surface area contributed by atoms with Gasteiger partial charge in [0.05, 0.1) is 6.10 Å². The molecule has 1 atom stereocenters. The van der Waals surface area contributed by atoms with Crippen LogP contribution in [0.4, 0.5) is 0 Å². The third kappa shape index (κ3) is 4.28. The van der Waals surface area contributed by atoms with Crippen molar-refractivity contribution in [3.8, 4) is 0 Å². The highest BCUT2D eigenvalue weighted by molar-refractivity contribution is 5.17. The van der Waals surface area contributed by atoms with Crippen LogP contribution in [0, 0.1) is 0 Å². The Morgan fingerprint density at radius 1 is 1.40 bits per heavy atom. The van der Waals surface area contributed by atoms with Gasteiger partial charge < -0.3 is 10.4 Å².